The van der Waals surface area contributed by atoms with Gasteiger partial charge in [-0.25, -0.2) is 9.97 Å². The molecule has 7 heteroatoms. The molecule has 1 saturated heterocycles. The summed E-state index contributed by atoms with van der Waals surface area (Å²) in [5, 5.41) is 2.01. The van der Waals surface area contributed by atoms with Crippen LogP contribution in [-0.2, 0) is 11.2 Å². The molecule has 0 bridgehead atoms. The number of rotatable bonds is 5. The van der Waals surface area contributed by atoms with Crippen LogP contribution in [0.15, 0.2) is 35.4 Å². The molecule has 0 aliphatic carbocycles. The number of aromatic nitrogens is 2. The Bertz CT molecular complexity index is 1020. The van der Waals surface area contributed by atoms with Crippen molar-refractivity contribution in [2.24, 2.45) is 0 Å². The fourth-order valence-electron chi connectivity index (χ4n) is 3.59. The Labute approximate surface area is 180 Å². The van der Waals surface area contributed by atoms with Gasteiger partial charge in [0.1, 0.15) is 15.7 Å². The summed E-state index contributed by atoms with van der Waals surface area (Å²) < 4.78 is 0. The average molecular weight is 427 g/mol. The number of aryl methyl sites for hydroxylation is 3. The number of fused-ring (bicyclic) bond motifs is 1. The van der Waals surface area contributed by atoms with E-state index in [1.807, 2.05) is 11.8 Å². The standard InChI is InChI=1S/C22H26N4OS2/c1-4-18-13-19-21(23-16(3)24-22(19)29-18)28-14-20(27)26-10-8-25(9-11-26)17-7-5-6-15(2)12-17/h5-7,12-13H,4,8-11,14H2,1-3H3. The molecule has 29 heavy (non-hydrogen) atoms. The maximum atomic E-state index is 12.8. The molecule has 1 amide bonds. The van der Waals surface area contributed by atoms with E-state index in [2.05, 4.69) is 59.0 Å². The number of thioether (sulfide) groups is 1. The molecule has 3 heterocycles. The number of thiophene rings is 1. The van der Waals surface area contributed by atoms with Gasteiger partial charge in [-0.3, -0.25) is 4.79 Å². The van der Waals surface area contributed by atoms with Gasteiger partial charge in [-0.2, -0.15) is 0 Å². The van der Waals surface area contributed by atoms with Gasteiger partial charge in [0.2, 0.25) is 5.91 Å². The van der Waals surface area contributed by atoms with Gasteiger partial charge in [0, 0.05) is 42.1 Å². The first-order valence-electron chi connectivity index (χ1n) is 10.0. The number of hydrogen-bond acceptors (Lipinski definition) is 6. The van der Waals surface area contributed by atoms with Crippen molar-refractivity contribution in [3.8, 4) is 0 Å². The molecule has 4 rings (SSSR count). The van der Waals surface area contributed by atoms with Gasteiger partial charge in [0.05, 0.1) is 5.75 Å². The van der Waals surface area contributed by atoms with E-state index in [4.69, 9.17) is 0 Å². The van der Waals surface area contributed by atoms with Gasteiger partial charge in [0.25, 0.3) is 0 Å². The molecule has 0 saturated carbocycles. The van der Waals surface area contributed by atoms with Crippen LogP contribution in [0.3, 0.4) is 0 Å². The molecule has 2 aromatic heterocycles. The minimum Gasteiger partial charge on any atom is -0.368 e. The van der Waals surface area contributed by atoms with Crippen molar-refractivity contribution in [2.45, 2.75) is 32.2 Å². The topological polar surface area (TPSA) is 49.3 Å². The lowest BCUT2D eigenvalue weighted by atomic mass is 10.2. The molecular formula is C22H26N4OS2. The molecule has 0 radical (unpaired) electrons. The number of hydrogen-bond donors (Lipinski definition) is 0. The van der Waals surface area contributed by atoms with E-state index in [0.29, 0.717) is 5.75 Å². The predicted octanol–water partition coefficient (Wildman–Crippen LogP) is 4.31. The van der Waals surface area contributed by atoms with E-state index in [0.717, 1.165) is 53.7 Å². The highest BCUT2D eigenvalue weighted by molar-refractivity contribution is 8.00. The largest absolute Gasteiger partial charge is 0.368 e. The highest BCUT2D eigenvalue weighted by atomic mass is 32.2. The van der Waals surface area contributed by atoms with Crippen LogP contribution >= 0.6 is 23.1 Å². The summed E-state index contributed by atoms with van der Waals surface area (Å²) in [5.41, 5.74) is 2.51. The number of benzene rings is 1. The summed E-state index contributed by atoms with van der Waals surface area (Å²) in [5.74, 6) is 1.38. The van der Waals surface area contributed by atoms with Gasteiger partial charge in [0.15, 0.2) is 0 Å². The number of carbonyl (C=O) groups excluding carboxylic acids is 1. The predicted molar refractivity (Wildman–Crippen MR) is 122 cm³/mol. The fraction of sp³-hybridized carbons (Fsp3) is 0.409. The molecule has 1 aliphatic rings. The Balaban J connectivity index is 1.37. The number of carbonyl (C=O) groups is 1. The third kappa shape index (κ3) is 4.56. The molecule has 5 nitrogen and oxygen atoms in total. The SMILES string of the molecule is CCc1cc2c(SCC(=O)N3CCN(c4cccc(C)c4)CC3)nc(C)nc2s1. The summed E-state index contributed by atoms with van der Waals surface area (Å²) >= 11 is 3.26. The maximum Gasteiger partial charge on any atom is 0.233 e. The smallest absolute Gasteiger partial charge is 0.233 e. The summed E-state index contributed by atoms with van der Waals surface area (Å²) in [6.07, 6.45) is 0.994. The molecule has 0 N–H and O–H groups in total. The lowest BCUT2D eigenvalue weighted by molar-refractivity contribution is -0.128. The van der Waals surface area contributed by atoms with Crippen molar-refractivity contribution in [1.82, 2.24) is 14.9 Å². The molecule has 1 aromatic carbocycles. The van der Waals surface area contributed by atoms with Crippen LogP contribution in [0.4, 0.5) is 5.69 Å². The van der Waals surface area contributed by atoms with Crippen molar-refractivity contribution in [1.29, 1.82) is 0 Å². The second kappa shape index (κ2) is 8.71. The van der Waals surface area contributed by atoms with Crippen LogP contribution in [0.5, 0.6) is 0 Å². The quantitative estimate of drug-likeness (QED) is 0.449. The van der Waals surface area contributed by atoms with E-state index in [-0.39, 0.29) is 5.91 Å². The van der Waals surface area contributed by atoms with Gasteiger partial charge in [-0.05, 0) is 44.0 Å². The first-order chi connectivity index (χ1) is 14.0. The minimum absolute atomic E-state index is 0.189. The maximum absolute atomic E-state index is 12.8. The average Bonchev–Trinajstić information content (AvgIpc) is 3.15. The van der Waals surface area contributed by atoms with Crippen molar-refractivity contribution in [2.75, 3.05) is 36.8 Å². The zero-order chi connectivity index (χ0) is 20.4. The molecule has 1 fully saturated rings. The van der Waals surface area contributed by atoms with Gasteiger partial charge < -0.3 is 9.80 Å². The number of amides is 1. The fourth-order valence-corrected chi connectivity index (χ4v) is 5.62. The van der Waals surface area contributed by atoms with Gasteiger partial charge in [-0.15, -0.1) is 11.3 Å². The number of piperazine rings is 1. The lowest BCUT2D eigenvalue weighted by Crippen LogP contribution is -2.49. The monoisotopic (exact) mass is 426 g/mol. The molecular weight excluding hydrogens is 400 g/mol. The Morgan fingerprint density at radius 3 is 2.66 bits per heavy atom. The van der Waals surface area contributed by atoms with Crippen LogP contribution in [0.2, 0.25) is 0 Å². The zero-order valence-corrected chi connectivity index (χ0v) is 18.8. The van der Waals surface area contributed by atoms with Gasteiger partial charge in [-0.1, -0.05) is 30.8 Å². The summed E-state index contributed by atoms with van der Waals surface area (Å²) in [4.78, 5) is 28.6. The summed E-state index contributed by atoms with van der Waals surface area (Å²) in [6.45, 7) is 9.47. The number of anilines is 1. The van der Waals surface area contributed by atoms with Crippen molar-refractivity contribution < 1.29 is 4.79 Å². The van der Waals surface area contributed by atoms with Crippen LogP contribution < -0.4 is 4.90 Å². The summed E-state index contributed by atoms with van der Waals surface area (Å²) in [7, 11) is 0. The highest BCUT2D eigenvalue weighted by Gasteiger charge is 2.22. The zero-order valence-electron chi connectivity index (χ0n) is 17.1. The second-order valence-electron chi connectivity index (χ2n) is 7.36. The summed E-state index contributed by atoms with van der Waals surface area (Å²) in [6, 6.07) is 10.7. The first-order valence-corrected chi connectivity index (χ1v) is 11.8. The van der Waals surface area contributed by atoms with E-state index in [1.54, 1.807) is 11.3 Å². The molecule has 152 valence electrons. The number of nitrogens with zero attached hydrogens (tertiary/aromatic N) is 4. The Morgan fingerprint density at radius 2 is 1.93 bits per heavy atom. The van der Waals surface area contributed by atoms with E-state index < -0.39 is 0 Å². The molecule has 0 atom stereocenters. The van der Waals surface area contributed by atoms with Crippen LogP contribution in [0, 0.1) is 13.8 Å². The van der Waals surface area contributed by atoms with E-state index in [9.17, 15) is 4.79 Å². The molecule has 0 unspecified atom stereocenters. The second-order valence-corrected chi connectivity index (χ2v) is 9.44. The van der Waals surface area contributed by atoms with Crippen LogP contribution in [0.1, 0.15) is 23.2 Å². The van der Waals surface area contributed by atoms with E-state index in [1.165, 1.54) is 27.9 Å². The van der Waals surface area contributed by atoms with E-state index >= 15 is 0 Å². The molecule has 0 spiro atoms. The van der Waals surface area contributed by atoms with Crippen molar-refractivity contribution in [3.05, 3.63) is 46.6 Å². The molecule has 1 aliphatic heterocycles. The van der Waals surface area contributed by atoms with Crippen LogP contribution in [0.25, 0.3) is 10.2 Å². The van der Waals surface area contributed by atoms with Crippen molar-refractivity contribution >= 4 is 44.9 Å². The van der Waals surface area contributed by atoms with Crippen LogP contribution in [-0.4, -0.2) is 52.7 Å². The third-order valence-corrected chi connectivity index (χ3v) is 7.35. The molecule has 3 aromatic rings. The third-order valence-electron chi connectivity index (χ3n) is 5.20. The normalized spacial score (nSPS) is 14.6. The Kier molecular flexibility index (Phi) is 6.06. The lowest BCUT2D eigenvalue weighted by Gasteiger charge is -2.36. The minimum atomic E-state index is 0.189. The first kappa shape index (κ1) is 20.2. The van der Waals surface area contributed by atoms with Crippen molar-refractivity contribution in [3.63, 3.8) is 0 Å². The Hall–Kier alpha value is -2.12. The highest BCUT2D eigenvalue weighted by Crippen LogP contribution is 2.32. The van der Waals surface area contributed by atoms with Gasteiger partial charge >= 0.3 is 0 Å². The Morgan fingerprint density at radius 1 is 1.14 bits per heavy atom.